The lowest BCUT2D eigenvalue weighted by Gasteiger charge is -2.04. The molecule has 0 bridgehead atoms. The van der Waals surface area contributed by atoms with Gasteiger partial charge in [0.25, 0.3) is 5.91 Å². The molecule has 2 aromatic rings. The Balaban J connectivity index is 1.78. The van der Waals surface area contributed by atoms with Crippen LogP contribution in [0, 0.1) is 0 Å². The number of nitrogens with one attached hydrogen (secondary N) is 1. The molecule has 0 aliphatic carbocycles. The minimum atomic E-state index is -0.310. The summed E-state index contributed by atoms with van der Waals surface area (Å²) in [5.74, 6) is 1.19. The number of amides is 1. The summed E-state index contributed by atoms with van der Waals surface area (Å²) in [6.07, 6.45) is 2.74. The van der Waals surface area contributed by atoms with E-state index in [9.17, 15) is 4.79 Å². The van der Waals surface area contributed by atoms with E-state index in [1.165, 1.54) is 12.4 Å². The summed E-state index contributed by atoms with van der Waals surface area (Å²) in [5.41, 5.74) is 0.445. The van der Waals surface area contributed by atoms with Gasteiger partial charge in [0.15, 0.2) is 17.3 Å². The van der Waals surface area contributed by atoms with Crippen molar-refractivity contribution in [2.24, 2.45) is 0 Å². The van der Waals surface area contributed by atoms with Crippen molar-refractivity contribution in [3.63, 3.8) is 0 Å². The molecule has 0 atom stereocenters. The zero-order valence-electron chi connectivity index (χ0n) is 9.59. The lowest BCUT2D eigenvalue weighted by atomic mass is 10.2. The van der Waals surface area contributed by atoms with E-state index < -0.39 is 0 Å². The Hall–Kier alpha value is -2.34. The maximum absolute atomic E-state index is 12.0. The number of fused-ring (bicyclic) bond motifs is 1. The second-order valence-corrected chi connectivity index (χ2v) is 4.13. The maximum Gasteiger partial charge on any atom is 0.256 e. The molecule has 1 aliphatic rings. The van der Waals surface area contributed by atoms with Crippen LogP contribution in [-0.2, 0) is 0 Å². The van der Waals surface area contributed by atoms with E-state index >= 15 is 0 Å². The third kappa shape index (κ3) is 2.43. The lowest BCUT2D eigenvalue weighted by molar-refractivity contribution is 0.102. The molecule has 96 valence electrons. The number of hydrogen-bond acceptors (Lipinski definition) is 5. The monoisotopic (exact) mass is 277 g/mol. The zero-order chi connectivity index (χ0) is 13.2. The van der Waals surface area contributed by atoms with Gasteiger partial charge in [0.2, 0.25) is 6.79 Å². The number of carbonyl (C=O) groups is 1. The van der Waals surface area contributed by atoms with Gasteiger partial charge in [0, 0.05) is 5.56 Å². The summed E-state index contributed by atoms with van der Waals surface area (Å²) < 4.78 is 10.4. The average molecular weight is 278 g/mol. The summed E-state index contributed by atoms with van der Waals surface area (Å²) in [6.45, 7) is 0.170. The van der Waals surface area contributed by atoms with E-state index in [1.807, 2.05) is 0 Å². The Labute approximate surface area is 113 Å². The average Bonchev–Trinajstić information content (AvgIpc) is 2.88. The van der Waals surface area contributed by atoms with E-state index in [0.29, 0.717) is 22.9 Å². The number of benzene rings is 1. The molecule has 0 spiro atoms. The first-order valence-corrected chi connectivity index (χ1v) is 5.79. The van der Waals surface area contributed by atoms with Crippen LogP contribution in [0.1, 0.15) is 10.4 Å². The van der Waals surface area contributed by atoms with Gasteiger partial charge < -0.3 is 14.8 Å². The molecule has 1 N–H and O–H groups in total. The summed E-state index contributed by atoms with van der Waals surface area (Å²) >= 11 is 5.61. The summed E-state index contributed by atoms with van der Waals surface area (Å²) in [5, 5.41) is 2.87. The highest BCUT2D eigenvalue weighted by atomic mass is 35.5. The third-order valence-electron chi connectivity index (χ3n) is 2.50. The normalized spacial score (nSPS) is 12.3. The van der Waals surface area contributed by atoms with Gasteiger partial charge in [-0.2, -0.15) is 0 Å². The van der Waals surface area contributed by atoms with Gasteiger partial charge in [-0.1, -0.05) is 11.6 Å². The highest BCUT2D eigenvalue weighted by Crippen LogP contribution is 2.32. The van der Waals surface area contributed by atoms with Crippen molar-refractivity contribution in [1.82, 2.24) is 9.97 Å². The maximum atomic E-state index is 12.0. The molecule has 19 heavy (non-hydrogen) atoms. The fourth-order valence-corrected chi connectivity index (χ4v) is 1.70. The molecule has 2 heterocycles. The number of aromatic nitrogens is 2. The Morgan fingerprint density at radius 1 is 1.21 bits per heavy atom. The quantitative estimate of drug-likeness (QED) is 0.910. The standard InChI is InChI=1S/C12H8ClN3O3/c13-10-4-15-11(5-14-10)16-12(17)7-1-2-8-9(3-7)19-6-18-8/h1-5H,6H2,(H,15,16,17). The van der Waals surface area contributed by atoms with E-state index in [-0.39, 0.29) is 17.9 Å². The molecule has 1 aromatic heterocycles. The van der Waals surface area contributed by atoms with E-state index in [0.717, 1.165) is 0 Å². The van der Waals surface area contributed by atoms with Crippen molar-refractivity contribution in [2.45, 2.75) is 0 Å². The molecule has 0 saturated carbocycles. The first kappa shape index (κ1) is 11.7. The van der Waals surface area contributed by atoms with E-state index in [4.69, 9.17) is 21.1 Å². The number of carbonyl (C=O) groups excluding carboxylic acids is 1. The van der Waals surface area contributed by atoms with Crippen molar-refractivity contribution < 1.29 is 14.3 Å². The predicted molar refractivity (Wildman–Crippen MR) is 67.6 cm³/mol. The van der Waals surface area contributed by atoms with Crippen molar-refractivity contribution in [2.75, 3.05) is 12.1 Å². The molecule has 1 aliphatic heterocycles. The van der Waals surface area contributed by atoms with Crippen LogP contribution in [0.15, 0.2) is 30.6 Å². The van der Waals surface area contributed by atoms with Crippen LogP contribution in [0.4, 0.5) is 5.82 Å². The van der Waals surface area contributed by atoms with E-state index in [2.05, 4.69) is 15.3 Å². The minimum Gasteiger partial charge on any atom is -0.454 e. The first-order chi connectivity index (χ1) is 9.22. The van der Waals surface area contributed by atoms with Crippen LogP contribution >= 0.6 is 11.6 Å². The van der Waals surface area contributed by atoms with Crippen molar-refractivity contribution >= 4 is 23.3 Å². The number of nitrogens with zero attached hydrogens (tertiary/aromatic N) is 2. The smallest absolute Gasteiger partial charge is 0.256 e. The highest BCUT2D eigenvalue weighted by Gasteiger charge is 2.16. The Morgan fingerprint density at radius 3 is 2.84 bits per heavy atom. The van der Waals surface area contributed by atoms with Gasteiger partial charge in [0.1, 0.15) is 5.15 Å². The van der Waals surface area contributed by atoms with Gasteiger partial charge in [-0.05, 0) is 18.2 Å². The summed E-state index contributed by atoms with van der Waals surface area (Å²) in [7, 11) is 0. The molecule has 6 nitrogen and oxygen atoms in total. The fraction of sp³-hybridized carbons (Fsp3) is 0.0833. The SMILES string of the molecule is O=C(Nc1cnc(Cl)cn1)c1ccc2c(c1)OCO2. The van der Waals surface area contributed by atoms with Crippen LogP contribution in [0.5, 0.6) is 11.5 Å². The number of ether oxygens (including phenoxy) is 2. The number of rotatable bonds is 2. The lowest BCUT2D eigenvalue weighted by Crippen LogP contribution is -2.13. The molecule has 0 unspecified atom stereocenters. The second-order valence-electron chi connectivity index (χ2n) is 3.75. The zero-order valence-corrected chi connectivity index (χ0v) is 10.3. The van der Waals surface area contributed by atoms with Crippen LogP contribution in [0.2, 0.25) is 5.15 Å². The van der Waals surface area contributed by atoms with Crippen LogP contribution in [0.3, 0.4) is 0 Å². The van der Waals surface area contributed by atoms with Crippen molar-refractivity contribution in [1.29, 1.82) is 0 Å². The second kappa shape index (κ2) is 4.74. The first-order valence-electron chi connectivity index (χ1n) is 5.41. The van der Waals surface area contributed by atoms with Gasteiger partial charge in [-0.25, -0.2) is 9.97 Å². The largest absolute Gasteiger partial charge is 0.454 e. The van der Waals surface area contributed by atoms with Crippen LogP contribution < -0.4 is 14.8 Å². The van der Waals surface area contributed by atoms with Crippen LogP contribution in [0.25, 0.3) is 0 Å². The topological polar surface area (TPSA) is 73.3 Å². The number of hydrogen-bond donors (Lipinski definition) is 1. The number of anilines is 1. The summed E-state index contributed by atoms with van der Waals surface area (Å²) in [4.78, 5) is 19.8. The molecule has 0 radical (unpaired) electrons. The predicted octanol–water partition coefficient (Wildman–Crippen LogP) is 2.11. The summed E-state index contributed by atoms with van der Waals surface area (Å²) in [6, 6.07) is 4.94. The van der Waals surface area contributed by atoms with Gasteiger partial charge in [-0.15, -0.1) is 0 Å². The Morgan fingerprint density at radius 2 is 2.05 bits per heavy atom. The fourth-order valence-electron chi connectivity index (χ4n) is 1.60. The molecule has 7 heteroatoms. The van der Waals surface area contributed by atoms with E-state index in [1.54, 1.807) is 18.2 Å². The molecule has 1 aromatic carbocycles. The Kier molecular flexibility index (Phi) is 2.92. The van der Waals surface area contributed by atoms with Gasteiger partial charge >= 0.3 is 0 Å². The van der Waals surface area contributed by atoms with Crippen molar-refractivity contribution in [3.05, 3.63) is 41.3 Å². The van der Waals surface area contributed by atoms with Gasteiger partial charge in [-0.3, -0.25) is 4.79 Å². The number of halogens is 1. The minimum absolute atomic E-state index is 0.170. The van der Waals surface area contributed by atoms with Crippen molar-refractivity contribution in [3.8, 4) is 11.5 Å². The molecule has 3 rings (SSSR count). The molecular weight excluding hydrogens is 270 g/mol. The highest BCUT2D eigenvalue weighted by molar-refractivity contribution is 6.29. The van der Waals surface area contributed by atoms with Gasteiger partial charge in [0.05, 0.1) is 12.4 Å². The molecule has 0 saturated heterocycles. The molecular formula is C12H8ClN3O3. The third-order valence-corrected chi connectivity index (χ3v) is 2.69. The Bertz CT molecular complexity index is 631. The molecule has 1 amide bonds. The van der Waals surface area contributed by atoms with Crippen LogP contribution in [-0.4, -0.2) is 22.7 Å². The molecule has 0 fully saturated rings.